The van der Waals surface area contributed by atoms with Crippen LogP contribution in [0.3, 0.4) is 0 Å². The fourth-order valence-corrected chi connectivity index (χ4v) is 2.99. The molecule has 4 rings (SSSR count). The number of pyridine rings is 2. The molecule has 24 heavy (non-hydrogen) atoms. The number of rotatable bonds is 4. The maximum atomic E-state index is 4.66. The first kappa shape index (κ1) is 14.9. The van der Waals surface area contributed by atoms with Crippen LogP contribution in [0.1, 0.15) is 49.6 Å². The van der Waals surface area contributed by atoms with E-state index in [1.807, 2.05) is 23.0 Å². The maximum absolute atomic E-state index is 4.66. The molecular formula is C19H21N5. The van der Waals surface area contributed by atoms with Gasteiger partial charge in [-0.3, -0.25) is 0 Å². The van der Waals surface area contributed by atoms with Crippen LogP contribution < -0.4 is 0 Å². The number of fused-ring (bicyclic) bond motifs is 2. The van der Waals surface area contributed by atoms with E-state index in [2.05, 4.69) is 70.8 Å². The molecule has 0 bridgehead atoms. The lowest BCUT2D eigenvalue weighted by molar-refractivity contribution is 0.709. The van der Waals surface area contributed by atoms with Crippen LogP contribution in [-0.4, -0.2) is 24.0 Å². The molecule has 4 aromatic heterocycles. The number of hydrogen-bond donors (Lipinski definition) is 0. The van der Waals surface area contributed by atoms with Crippen molar-refractivity contribution < 1.29 is 0 Å². The lowest BCUT2D eigenvalue weighted by Gasteiger charge is -2.10. The summed E-state index contributed by atoms with van der Waals surface area (Å²) >= 11 is 0. The Morgan fingerprint density at radius 2 is 1.75 bits per heavy atom. The van der Waals surface area contributed by atoms with Crippen LogP contribution in [0.2, 0.25) is 0 Å². The van der Waals surface area contributed by atoms with E-state index in [1.54, 1.807) is 0 Å². The van der Waals surface area contributed by atoms with Crippen molar-refractivity contribution in [2.24, 2.45) is 0 Å². The summed E-state index contributed by atoms with van der Waals surface area (Å²) in [5.41, 5.74) is 4.42. The standard InChI is InChI=1S/C19H21N5/c1-13(2)15-4-7-19-21-17(22-24(19)12-15)10-14(3)16-5-6-18-20-8-9-23(18)11-16/h4-9,11-14H,10H2,1-3H3. The van der Waals surface area contributed by atoms with Gasteiger partial charge in [-0.1, -0.05) is 32.9 Å². The van der Waals surface area contributed by atoms with Crippen molar-refractivity contribution >= 4 is 11.3 Å². The van der Waals surface area contributed by atoms with Crippen LogP contribution in [0.15, 0.2) is 49.1 Å². The number of nitrogens with zero attached hydrogens (tertiary/aromatic N) is 5. The highest BCUT2D eigenvalue weighted by Crippen LogP contribution is 2.21. The molecule has 5 heteroatoms. The van der Waals surface area contributed by atoms with Gasteiger partial charge in [0, 0.05) is 31.2 Å². The van der Waals surface area contributed by atoms with E-state index in [4.69, 9.17) is 0 Å². The minimum Gasteiger partial charge on any atom is -0.307 e. The second-order valence-corrected chi connectivity index (χ2v) is 6.71. The molecule has 0 fully saturated rings. The van der Waals surface area contributed by atoms with Crippen molar-refractivity contribution in [3.63, 3.8) is 0 Å². The average Bonchev–Trinajstić information content (AvgIpc) is 3.18. The number of imidazole rings is 1. The fraction of sp³-hybridized carbons (Fsp3) is 0.316. The van der Waals surface area contributed by atoms with Gasteiger partial charge in [0.1, 0.15) is 5.65 Å². The Balaban J connectivity index is 1.60. The second-order valence-electron chi connectivity index (χ2n) is 6.71. The largest absolute Gasteiger partial charge is 0.307 e. The Bertz CT molecular complexity index is 995. The SMILES string of the molecule is CC(C)c1ccc2nc(CC(C)c3ccc4nccn4c3)nn2c1. The fourth-order valence-electron chi connectivity index (χ4n) is 2.99. The van der Waals surface area contributed by atoms with Gasteiger partial charge in [-0.05, 0) is 35.1 Å². The Morgan fingerprint density at radius 3 is 2.58 bits per heavy atom. The summed E-state index contributed by atoms with van der Waals surface area (Å²) < 4.78 is 3.95. The van der Waals surface area contributed by atoms with Gasteiger partial charge in [0.2, 0.25) is 0 Å². The Morgan fingerprint density at radius 1 is 0.958 bits per heavy atom. The van der Waals surface area contributed by atoms with Crippen LogP contribution in [0.5, 0.6) is 0 Å². The van der Waals surface area contributed by atoms with E-state index in [1.165, 1.54) is 11.1 Å². The van der Waals surface area contributed by atoms with Crippen LogP contribution >= 0.6 is 0 Å². The lowest BCUT2D eigenvalue weighted by atomic mass is 9.99. The molecule has 0 saturated carbocycles. The summed E-state index contributed by atoms with van der Waals surface area (Å²) in [6, 6.07) is 8.38. The van der Waals surface area contributed by atoms with Gasteiger partial charge in [-0.25, -0.2) is 14.5 Å². The third kappa shape index (κ3) is 2.66. The summed E-state index contributed by atoms with van der Waals surface area (Å²) in [6.07, 6.45) is 8.83. The van der Waals surface area contributed by atoms with Crippen molar-refractivity contribution in [3.05, 3.63) is 66.0 Å². The van der Waals surface area contributed by atoms with Gasteiger partial charge < -0.3 is 4.40 Å². The Labute approximate surface area is 141 Å². The molecule has 0 saturated heterocycles. The van der Waals surface area contributed by atoms with E-state index >= 15 is 0 Å². The van der Waals surface area contributed by atoms with Crippen molar-refractivity contribution in [1.29, 1.82) is 0 Å². The second kappa shape index (κ2) is 5.74. The highest BCUT2D eigenvalue weighted by atomic mass is 15.3. The minimum absolute atomic E-state index is 0.346. The van der Waals surface area contributed by atoms with Gasteiger partial charge >= 0.3 is 0 Å². The monoisotopic (exact) mass is 319 g/mol. The first-order valence-electron chi connectivity index (χ1n) is 8.38. The molecule has 0 spiro atoms. The van der Waals surface area contributed by atoms with Crippen molar-refractivity contribution in [1.82, 2.24) is 24.0 Å². The number of aromatic nitrogens is 5. The molecule has 4 heterocycles. The molecule has 0 aliphatic heterocycles. The van der Waals surface area contributed by atoms with E-state index in [0.717, 1.165) is 23.5 Å². The summed E-state index contributed by atoms with van der Waals surface area (Å²) in [6.45, 7) is 6.59. The molecule has 122 valence electrons. The predicted octanol–water partition coefficient (Wildman–Crippen LogP) is 3.85. The maximum Gasteiger partial charge on any atom is 0.155 e. The van der Waals surface area contributed by atoms with E-state index < -0.39 is 0 Å². The molecule has 1 atom stereocenters. The molecule has 0 radical (unpaired) electrons. The van der Waals surface area contributed by atoms with Gasteiger partial charge in [-0.2, -0.15) is 5.10 Å². The van der Waals surface area contributed by atoms with Crippen LogP contribution in [0.25, 0.3) is 11.3 Å². The zero-order valence-corrected chi connectivity index (χ0v) is 14.2. The summed E-state index contributed by atoms with van der Waals surface area (Å²) in [4.78, 5) is 8.95. The molecule has 0 aliphatic rings. The molecule has 1 unspecified atom stereocenters. The van der Waals surface area contributed by atoms with E-state index in [-0.39, 0.29) is 0 Å². The summed E-state index contributed by atoms with van der Waals surface area (Å²) in [5, 5.41) is 4.66. The molecule has 0 aliphatic carbocycles. The van der Waals surface area contributed by atoms with Crippen molar-refractivity contribution in [3.8, 4) is 0 Å². The smallest absolute Gasteiger partial charge is 0.155 e. The quantitative estimate of drug-likeness (QED) is 0.574. The summed E-state index contributed by atoms with van der Waals surface area (Å²) in [7, 11) is 0. The molecule has 4 aromatic rings. The normalized spacial score (nSPS) is 13.2. The van der Waals surface area contributed by atoms with E-state index in [9.17, 15) is 0 Å². The molecule has 5 nitrogen and oxygen atoms in total. The number of hydrogen-bond acceptors (Lipinski definition) is 3. The van der Waals surface area contributed by atoms with E-state index in [0.29, 0.717) is 11.8 Å². The van der Waals surface area contributed by atoms with Crippen molar-refractivity contribution in [2.45, 2.75) is 39.0 Å². The minimum atomic E-state index is 0.346. The van der Waals surface area contributed by atoms with Crippen LogP contribution in [0.4, 0.5) is 0 Å². The topological polar surface area (TPSA) is 47.5 Å². The van der Waals surface area contributed by atoms with Crippen LogP contribution in [0, 0.1) is 0 Å². The van der Waals surface area contributed by atoms with Crippen LogP contribution in [-0.2, 0) is 6.42 Å². The first-order chi connectivity index (χ1) is 11.6. The average molecular weight is 319 g/mol. The van der Waals surface area contributed by atoms with Crippen molar-refractivity contribution in [2.75, 3.05) is 0 Å². The Hall–Kier alpha value is -2.69. The zero-order valence-electron chi connectivity index (χ0n) is 14.2. The highest BCUT2D eigenvalue weighted by molar-refractivity contribution is 5.41. The van der Waals surface area contributed by atoms with Gasteiger partial charge in [0.15, 0.2) is 11.5 Å². The lowest BCUT2D eigenvalue weighted by Crippen LogP contribution is -2.02. The highest BCUT2D eigenvalue weighted by Gasteiger charge is 2.12. The summed E-state index contributed by atoms with van der Waals surface area (Å²) in [5.74, 6) is 1.72. The predicted molar refractivity (Wildman–Crippen MR) is 94.4 cm³/mol. The molecular weight excluding hydrogens is 298 g/mol. The third-order valence-corrected chi connectivity index (χ3v) is 4.53. The van der Waals surface area contributed by atoms with Gasteiger partial charge in [0.25, 0.3) is 0 Å². The molecule has 0 aromatic carbocycles. The molecule has 0 N–H and O–H groups in total. The molecule has 0 amide bonds. The van der Waals surface area contributed by atoms with Gasteiger partial charge in [0.05, 0.1) is 0 Å². The Kier molecular flexibility index (Phi) is 3.56. The first-order valence-corrected chi connectivity index (χ1v) is 8.38. The third-order valence-electron chi connectivity index (χ3n) is 4.53. The zero-order chi connectivity index (χ0) is 16.7. The van der Waals surface area contributed by atoms with Gasteiger partial charge in [-0.15, -0.1) is 0 Å².